The van der Waals surface area contributed by atoms with Gasteiger partial charge in [-0.1, -0.05) is 37.3 Å². The first-order valence-electron chi connectivity index (χ1n) is 8.49. The van der Waals surface area contributed by atoms with Gasteiger partial charge in [0.15, 0.2) is 0 Å². The first-order chi connectivity index (χ1) is 12.1. The van der Waals surface area contributed by atoms with Gasteiger partial charge in [0.2, 0.25) is 5.91 Å². The van der Waals surface area contributed by atoms with Gasteiger partial charge in [-0.3, -0.25) is 9.59 Å². The molecule has 2 N–H and O–H groups in total. The van der Waals surface area contributed by atoms with Crippen LogP contribution in [0.25, 0.3) is 6.08 Å². The molecule has 0 aliphatic heterocycles. The molecule has 25 heavy (non-hydrogen) atoms. The number of fused-ring (bicyclic) bond motifs is 1. The molecule has 0 radical (unpaired) electrons. The molecule has 0 spiro atoms. The molecule has 3 rings (SSSR count). The lowest BCUT2D eigenvalue weighted by atomic mass is 9.88. The molecule has 1 atom stereocenters. The van der Waals surface area contributed by atoms with E-state index in [-0.39, 0.29) is 11.8 Å². The molecule has 130 valence electrons. The zero-order valence-corrected chi connectivity index (χ0v) is 15.3. The molecule has 1 aliphatic rings. The highest BCUT2D eigenvalue weighted by Gasteiger charge is 2.27. The summed E-state index contributed by atoms with van der Waals surface area (Å²) in [5, 5.41) is 6.25. The molecule has 1 aromatic carbocycles. The van der Waals surface area contributed by atoms with Crippen molar-refractivity contribution in [2.24, 2.45) is 5.92 Å². The maximum absolute atomic E-state index is 12.3. The Morgan fingerprint density at radius 3 is 2.72 bits per heavy atom. The highest BCUT2D eigenvalue weighted by atomic mass is 32.1. The first kappa shape index (κ1) is 17.4. The second-order valence-corrected chi connectivity index (χ2v) is 7.47. The van der Waals surface area contributed by atoms with Gasteiger partial charge in [0.05, 0.1) is 5.56 Å². The molecular formula is C20H22N2O2S. The predicted molar refractivity (Wildman–Crippen MR) is 103 cm³/mol. The van der Waals surface area contributed by atoms with Crippen molar-refractivity contribution in [2.75, 3.05) is 12.4 Å². The van der Waals surface area contributed by atoms with Gasteiger partial charge in [0.25, 0.3) is 5.91 Å². The van der Waals surface area contributed by atoms with E-state index in [0.717, 1.165) is 30.4 Å². The largest absolute Gasteiger partial charge is 0.355 e. The van der Waals surface area contributed by atoms with Crippen molar-refractivity contribution in [1.29, 1.82) is 0 Å². The van der Waals surface area contributed by atoms with Crippen molar-refractivity contribution in [3.63, 3.8) is 0 Å². The summed E-state index contributed by atoms with van der Waals surface area (Å²) < 4.78 is 0. The Hall–Kier alpha value is -2.40. The quantitative estimate of drug-likeness (QED) is 0.819. The normalized spacial score (nSPS) is 16.5. The molecule has 0 fully saturated rings. The van der Waals surface area contributed by atoms with E-state index in [1.165, 1.54) is 22.3 Å². The summed E-state index contributed by atoms with van der Waals surface area (Å²) in [4.78, 5) is 25.9. The summed E-state index contributed by atoms with van der Waals surface area (Å²) in [5.41, 5.74) is 2.70. The smallest absolute Gasteiger partial charge is 0.254 e. The summed E-state index contributed by atoms with van der Waals surface area (Å²) >= 11 is 1.53. The predicted octanol–water partition coefficient (Wildman–Crippen LogP) is 3.88. The van der Waals surface area contributed by atoms with Gasteiger partial charge < -0.3 is 10.6 Å². The van der Waals surface area contributed by atoms with Gasteiger partial charge in [-0.05, 0) is 42.4 Å². The van der Waals surface area contributed by atoms with Crippen molar-refractivity contribution >= 4 is 34.2 Å². The van der Waals surface area contributed by atoms with Crippen LogP contribution in [0.1, 0.15) is 39.7 Å². The molecule has 1 aliphatic carbocycles. The molecule has 1 aromatic heterocycles. The lowest BCUT2D eigenvalue weighted by Gasteiger charge is -2.18. The minimum Gasteiger partial charge on any atom is -0.355 e. The third kappa shape index (κ3) is 3.99. The zero-order valence-electron chi connectivity index (χ0n) is 14.5. The lowest BCUT2D eigenvalue weighted by Crippen LogP contribution is -2.22. The highest BCUT2D eigenvalue weighted by Crippen LogP contribution is 2.39. The van der Waals surface area contributed by atoms with Gasteiger partial charge in [-0.15, -0.1) is 11.3 Å². The van der Waals surface area contributed by atoms with E-state index < -0.39 is 0 Å². The van der Waals surface area contributed by atoms with Crippen LogP contribution in [-0.4, -0.2) is 18.9 Å². The Kier molecular flexibility index (Phi) is 5.34. The summed E-state index contributed by atoms with van der Waals surface area (Å²) in [6.07, 6.45) is 6.22. The lowest BCUT2D eigenvalue weighted by molar-refractivity contribution is -0.111. The van der Waals surface area contributed by atoms with Crippen LogP contribution in [0.2, 0.25) is 0 Å². The van der Waals surface area contributed by atoms with Crippen LogP contribution < -0.4 is 10.6 Å². The number of hydrogen-bond acceptors (Lipinski definition) is 3. The number of nitrogens with one attached hydrogen (secondary N) is 2. The Morgan fingerprint density at radius 1 is 1.24 bits per heavy atom. The molecule has 4 nitrogen and oxygen atoms in total. The maximum Gasteiger partial charge on any atom is 0.254 e. The van der Waals surface area contributed by atoms with Crippen molar-refractivity contribution < 1.29 is 9.59 Å². The number of anilines is 1. The summed E-state index contributed by atoms with van der Waals surface area (Å²) in [7, 11) is 1.62. The Bertz CT molecular complexity index is 809. The minimum atomic E-state index is -0.222. The number of thiophene rings is 1. The SMILES string of the molecule is CNC(=O)c1c(NC(=O)/C=C/c2ccccc2)sc2c1CCC(C)C2. The van der Waals surface area contributed by atoms with E-state index in [1.807, 2.05) is 30.3 Å². The monoisotopic (exact) mass is 354 g/mol. The van der Waals surface area contributed by atoms with E-state index >= 15 is 0 Å². The molecule has 1 heterocycles. The van der Waals surface area contributed by atoms with E-state index in [0.29, 0.717) is 16.5 Å². The standard InChI is InChI=1S/C20H22N2O2S/c1-13-8-10-15-16(12-13)25-20(18(15)19(24)21-2)22-17(23)11-9-14-6-4-3-5-7-14/h3-7,9,11,13H,8,10,12H2,1-2H3,(H,21,24)(H,22,23)/b11-9+. The average Bonchev–Trinajstić information content (AvgIpc) is 2.97. The van der Waals surface area contributed by atoms with Crippen LogP contribution in [0, 0.1) is 5.92 Å². The minimum absolute atomic E-state index is 0.130. The van der Waals surface area contributed by atoms with Gasteiger partial charge in [0, 0.05) is 18.0 Å². The van der Waals surface area contributed by atoms with Crippen LogP contribution in [0.4, 0.5) is 5.00 Å². The molecule has 0 saturated heterocycles. The van der Waals surface area contributed by atoms with Gasteiger partial charge >= 0.3 is 0 Å². The molecule has 0 bridgehead atoms. The fraction of sp³-hybridized carbons (Fsp3) is 0.300. The van der Waals surface area contributed by atoms with Crippen molar-refractivity contribution in [3.8, 4) is 0 Å². The van der Waals surface area contributed by atoms with Crippen molar-refractivity contribution in [3.05, 3.63) is 58.0 Å². The van der Waals surface area contributed by atoms with E-state index in [1.54, 1.807) is 13.1 Å². The Balaban J connectivity index is 1.83. The van der Waals surface area contributed by atoms with Crippen LogP contribution in [0.15, 0.2) is 36.4 Å². The van der Waals surface area contributed by atoms with Crippen molar-refractivity contribution in [2.45, 2.75) is 26.2 Å². The third-order valence-corrected chi connectivity index (χ3v) is 5.60. The van der Waals surface area contributed by atoms with Crippen LogP contribution in [0.5, 0.6) is 0 Å². The van der Waals surface area contributed by atoms with Crippen LogP contribution >= 0.6 is 11.3 Å². The zero-order chi connectivity index (χ0) is 17.8. The van der Waals surface area contributed by atoms with Gasteiger partial charge in [-0.2, -0.15) is 0 Å². The summed E-state index contributed by atoms with van der Waals surface area (Å²) in [5.74, 6) is 0.264. The molecule has 1 unspecified atom stereocenters. The Morgan fingerprint density at radius 2 is 2.00 bits per heavy atom. The second kappa shape index (κ2) is 7.66. The van der Waals surface area contributed by atoms with Gasteiger partial charge in [-0.25, -0.2) is 0 Å². The number of hydrogen-bond donors (Lipinski definition) is 2. The van der Waals surface area contributed by atoms with E-state index in [9.17, 15) is 9.59 Å². The fourth-order valence-electron chi connectivity index (χ4n) is 3.09. The summed E-state index contributed by atoms with van der Waals surface area (Å²) in [6.45, 7) is 2.23. The number of carbonyl (C=O) groups is 2. The molecule has 5 heteroatoms. The molecular weight excluding hydrogens is 332 g/mol. The van der Waals surface area contributed by atoms with Crippen LogP contribution in [0.3, 0.4) is 0 Å². The second-order valence-electron chi connectivity index (χ2n) is 6.37. The molecule has 2 amide bonds. The molecule has 2 aromatic rings. The average molecular weight is 354 g/mol. The van der Waals surface area contributed by atoms with Crippen LogP contribution in [-0.2, 0) is 17.6 Å². The number of carbonyl (C=O) groups excluding carboxylic acids is 2. The van der Waals surface area contributed by atoms with E-state index in [4.69, 9.17) is 0 Å². The molecule has 0 saturated carbocycles. The number of amides is 2. The third-order valence-electron chi connectivity index (χ3n) is 4.43. The summed E-state index contributed by atoms with van der Waals surface area (Å²) in [6, 6.07) is 9.66. The fourth-order valence-corrected chi connectivity index (χ4v) is 4.50. The highest BCUT2D eigenvalue weighted by molar-refractivity contribution is 7.17. The van der Waals surface area contributed by atoms with Gasteiger partial charge in [0.1, 0.15) is 5.00 Å². The number of benzene rings is 1. The maximum atomic E-state index is 12.3. The Labute approximate surface area is 152 Å². The topological polar surface area (TPSA) is 58.2 Å². The van der Waals surface area contributed by atoms with Crippen molar-refractivity contribution in [1.82, 2.24) is 5.32 Å². The van der Waals surface area contributed by atoms with E-state index in [2.05, 4.69) is 17.6 Å². The first-order valence-corrected chi connectivity index (χ1v) is 9.31. The number of rotatable bonds is 4.